The van der Waals surface area contributed by atoms with Gasteiger partial charge < -0.3 is 10.6 Å². The number of nitrogens with zero attached hydrogens (tertiary/aromatic N) is 1. The molecule has 0 aliphatic rings. The van der Waals surface area contributed by atoms with Gasteiger partial charge in [-0.2, -0.15) is 0 Å². The molecule has 0 radical (unpaired) electrons. The lowest BCUT2D eigenvalue weighted by Crippen LogP contribution is -2.25. The van der Waals surface area contributed by atoms with Gasteiger partial charge in [0.1, 0.15) is 0 Å². The Morgan fingerprint density at radius 3 is 2.33 bits per heavy atom. The summed E-state index contributed by atoms with van der Waals surface area (Å²) in [6.07, 6.45) is 2.46. The van der Waals surface area contributed by atoms with E-state index in [2.05, 4.69) is 31.9 Å². The molecule has 2 heteroatoms. The number of rotatable bonds is 5. The van der Waals surface area contributed by atoms with Crippen LogP contribution in [-0.4, -0.2) is 13.6 Å². The Bertz CT molecular complexity index is 292. The van der Waals surface area contributed by atoms with E-state index in [9.17, 15) is 0 Å². The normalized spacial score (nSPS) is 10.7. The predicted octanol–water partition coefficient (Wildman–Crippen LogP) is 3.14. The molecule has 15 heavy (non-hydrogen) atoms. The molecule has 0 fully saturated rings. The lowest BCUT2D eigenvalue weighted by atomic mass is 10.0. The highest BCUT2D eigenvalue weighted by atomic mass is 15.1. The van der Waals surface area contributed by atoms with Gasteiger partial charge >= 0.3 is 0 Å². The van der Waals surface area contributed by atoms with E-state index in [1.165, 1.54) is 12.8 Å². The van der Waals surface area contributed by atoms with Crippen molar-refractivity contribution in [2.24, 2.45) is 5.92 Å². The highest BCUT2D eigenvalue weighted by molar-refractivity contribution is 5.66. The van der Waals surface area contributed by atoms with E-state index in [0.717, 1.165) is 23.8 Å². The molecule has 0 aromatic heterocycles. The van der Waals surface area contributed by atoms with Crippen LogP contribution in [-0.2, 0) is 0 Å². The van der Waals surface area contributed by atoms with Crippen molar-refractivity contribution in [2.45, 2.75) is 26.7 Å². The van der Waals surface area contributed by atoms with Crippen molar-refractivity contribution in [1.29, 1.82) is 0 Å². The summed E-state index contributed by atoms with van der Waals surface area (Å²) in [4.78, 5) is 2.26. The average Bonchev–Trinajstić information content (AvgIpc) is 2.26. The minimum Gasteiger partial charge on any atom is -0.397 e. The van der Waals surface area contributed by atoms with E-state index in [0.29, 0.717) is 0 Å². The second-order valence-electron chi connectivity index (χ2n) is 4.12. The van der Waals surface area contributed by atoms with Crippen LogP contribution in [0.2, 0.25) is 0 Å². The van der Waals surface area contributed by atoms with Crippen LogP contribution in [0.25, 0.3) is 0 Å². The average molecular weight is 206 g/mol. The Morgan fingerprint density at radius 2 is 1.80 bits per heavy atom. The quantitative estimate of drug-likeness (QED) is 0.750. The fraction of sp³-hybridized carbons (Fsp3) is 0.538. The van der Waals surface area contributed by atoms with Crippen LogP contribution in [0.3, 0.4) is 0 Å². The molecule has 1 aromatic carbocycles. The first-order valence-electron chi connectivity index (χ1n) is 5.74. The van der Waals surface area contributed by atoms with Gasteiger partial charge in [0, 0.05) is 13.6 Å². The van der Waals surface area contributed by atoms with Crippen molar-refractivity contribution < 1.29 is 0 Å². The van der Waals surface area contributed by atoms with Crippen LogP contribution >= 0.6 is 0 Å². The van der Waals surface area contributed by atoms with Gasteiger partial charge in [0.15, 0.2) is 0 Å². The number of benzene rings is 1. The van der Waals surface area contributed by atoms with Crippen molar-refractivity contribution in [3.8, 4) is 0 Å². The maximum absolute atomic E-state index is 5.94. The number of hydrogen-bond acceptors (Lipinski definition) is 2. The monoisotopic (exact) mass is 206 g/mol. The molecule has 0 amide bonds. The van der Waals surface area contributed by atoms with Crippen LogP contribution in [0.15, 0.2) is 24.3 Å². The molecular weight excluding hydrogens is 184 g/mol. The van der Waals surface area contributed by atoms with E-state index in [1.807, 2.05) is 18.2 Å². The zero-order valence-electron chi connectivity index (χ0n) is 10.0. The number of nitrogen functional groups attached to an aromatic ring is 1. The van der Waals surface area contributed by atoms with Gasteiger partial charge in [0.05, 0.1) is 11.4 Å². The highest BCUT2D eigenvalue weighted by Gasteiger charge is 2.09. The van der Waals surface area contributed by atoms with Crippen LogP contribution in [0.4, 0.5) is 11.4 Å². The number of hydrogen-bond donors (Lipinski definition) is 1. The van der Waals surface area contributed by atoms with Gasteiger partial charge in [0.2, 0.25) is 0 Å². The zero-order valence-corrected chi connectivity index (χ0v) is 10.0. The minimum atomic E-state index is 0.759. The van der Waals surface area contributed by atoms with E-state index >= 15 is 0 Å². The molecule has 2 N–H and O–H groups in total. The molecule has 84 valence electrons. The fourth-order valence-corrected chi connectivity index (χ4v) is 1.87. The molecule has 0 saturated carbocycles. The lowest BCUT2D eigenvalue weighted by Gasteiger charge is -2.25. The van der Waals surface area contributed by atoms with Crippen LogP contribution < -0.4 is 10.6 Å². The third kappa shape index (κ3) is 3.15. The Kier molecular flexibility index (Phi) is 4.47. The van der Waals surface area contributed by atoms with Gasteiger partial charge in [0.25, 0.3) is 0 Å². The Balaban J connectivity index is 2.68. The number of nitrogens with two attached hydrogens (primary N) is 1. The number of anilines is 2. The van der Waals surface area contributed by atoms with Gasteiger partial charge in [-0.15, -0.1) is 0 Å². The van der Waals surface area contributed by atoms with Gasteiger partial charge in [-0.25, -0.2) is 0 Å². The molecule has 0 unspecified atom stereocenters. The molecule has 1 aromatic rings. The predicted molar refractivity (Wildman–Crippen MR) is 68.2 cm³/mol. The molecule has 0 aliphatic heterocycles. The first kappa shape index (κ1) is 11.9. The van der Waals surface area contributed by atoms with Crippen molar-refractivity contribution in [1.82, 2.24) is 0 Å². The molecule has 2 nitrogen and oxygen atoms in total. The molecule has 0 spiro atoms. The summed E-state index contributed by atoms with van der Waals surface area (Å²) in [6.45, 7) is 5.58. The second-order valence-corrected chi connectivity index (χ2v) is 4.12. The second kappa shape index (κ2) is 5.64. The van der Waals surface area contributed by atoms with Crippen molar-refractivity contribution >= 4 is 11.4 Å². The van der Waals surface area contributed by atoms with Crippen molar-refractivity contribution in [3.05, 3.63) is 24.3 Å². The van der Waals surface area contributed by atoms with E-state index in [4.69, 9.17) is 5.73 Å². The van der Waals surface area contributed by atoms with Gasteiger partial charge in [-0.3, -0.25) is 0 Å². The Morgan fingerprint density at radius 1 is 1.20 bits per heavy atom. The molecule has 0 aliphatic carbocycles. The number of para-hydroxylation sites is 2. The summed E-state index contributed by atoms with van der Waals surface area (Å²) in [5.41, 5.74) is 7.95. The van der Waals surface area contributed by atoms with Crippen molar-refractivity contribution in [2.75, 3.05) is 24.2 Å². The van der Waals surface area contributed by atoms with Crippen LogP contribution in [0.1, 0.15) is 26.7 Å². The minimum absolute atomic E-state index is 0.759. The van der Waals surface area contributed by atoms with Crippen LogP contribution in [0, 0.1) is 5.92 Å². The summed E-state index contributed by atoms with van der Waals surface area (Å²) < 4.78 is 0. The SMILES string of the molecule is CCC(CC)CN(C)c1ccccc1N. The maximum atomic E-state index is 5.94. The summed E-state index contributed by atoms with van der Waals surface area (Å²) >= 11 is 0. The van der Waals surface area contributed by atoms with E-state index < -0.39 is 0 Å². The molecule has 0 saturated heterocycles. The molecular formula is C13H22N2. The highest BCUT2D eigenvalue weighted by Crippen LogP contribution is 2.23. The molecule has 1 rings (SSSR count). The third-order valence-corrected chi connectivity index (χ3v) is 3.03. The molecule has 0 heterocycles. The first-order valence-corrected chi connectivity index (χ1v) is 5.74. The van der Waals surface area contributed by atoms with E-state index in [1.54, 1.807) is 0 Å². The zero-order chi connectivity index (χ0) is 11.3. The van der Waals surface area contributed by atoms with Crippen molar-refractivity contribution in [3.63, 3.8) is 0 Å². The fourth-order valence-electron chi connectivity index (χ4n) is 1.87. The summed E-state index contributed by atoms with van der Waals surface area (Å²) in [7, 11) is 2.12. The van der Waals surface area contributed by atoms with Gasteiger partial charge in [-0.1, -0.05) is 38.8 Å². The topological polar surface area (TPSA) is 29.3 Å². The maximum Gasteiger partial charge on any atom is 0.0597 e. The summed E-state index contributed by atoms with van der Waals surface area (Å²) in [5.74, 6) is 0.759. The third-order valence-electron chi connectivity index (χ3n) is 3.03. The molecule has 0 atom stereocenters. The van der Waals surface area contributed by atoms with Crippen LogP contribution in [0.5, 0.6) is 0 Å². The first-order chi connectivity index (χ1) is 7.19. The Hall–Kier alpha value is -1.18. The Labute approximate surface area is 93.1 Å². The summed E-state index contributed by atoms with van der Waals surface area (Å²) in [6, 6.07) is 8.05. The standard InChI is InChI=1S/C13H22N2/c1-4-11(5-2)10-15(3)13-9-7-6-8-12(13)14/h6-9,11H,4-5,10,14H2,1-3H3. The van der Waals surface area contributed by atoms with E-state index in [-0.39, 0.29) is 0 Å². The molecule has 0 bridgehead atoms. The largest absolute Gasteiger partial charge is 0.397 e. The van der Waals surface area contributed by atoms with Gasteiger partial charge in [-0.05, 0) is 18.1 Å². The lowest BCUT2D eigenvalue weighted by molar-refractivity contribution is 0.494. The summed E-state index contributed by atoms with van der Waals surface area (Å²) in [5, 5.41) is 0. The smallest absolute Gasteiger partial charge is 0.0597 e.